The van der Waals surface area contributed by atoms with E-state index in [4.69, 9.17) is 4.74 Å². The quantitative estimate of drug-likeness (QED) is 0.150. The van der Waals surface area contributed by atoms with Crippen LogP contribution in [0.15, 0.2) is 206 Å². The summed E-state index contributed by atoms with van der Waals surface area (Å²) in [7, 11) is 0. The molecule has 0 fully saturated rings. The van der Waals surface area contributed by atoms with E-state index in [1.807, 2.05) is 0 Å². The summed E-state index contributed by atoms with van der Waals surface area (Å²) in [6.45, 7) is 28.2. The Kier molecular flexibility index (Phi) is 13.2. The standard InChI is InChI=1S/C82H78N4O.Pt/c1-79(2,3)61-41-65-49-67(43-61)87-68-44-62(80(4,5)6)42-66(50-68)84-52-86(76-20-16-14-18-74(76)84)78-71-47-64(82(10,11)12)48-72(78)60-39-31-56(32-40-60)24-22-54-27-35-58(36-28-54)70-46-63(81(7,8)9)45-69(77(70)85-51-83(65)73-17-13-15-19-75(73)85)57-33-25-53(26-34-57)21-23-55-29-37-59(71)38-30-55;/h13-20,25-50H,21-24H2,1-12H3;. The maximum atomic E-state index is 7.46. The zero-order valence-electron chi connectivity index (χ0n) is 53.0. The predicted octanol–water partition coefficient (Wildman–Crippen LogP) is 21.4. The first kappa shape index (κ1) is 56.2. The van der Waals surface area contributed by atoms with Crippen molar-refractivity contribution in [3.05, 3.63) is 251 Å². The van der Waals surface area contributed by atoms with Crippen molar-refractivity contribution in [1.29, 1.82) is 0 Å². The number of aryl methyl sites for hydroxylation is 4. The number of fused-ring (bicyclic) bond motifs is 14. The summed E-state index contributed by atoms with van der Waals surface area (Å²) < 4.78 is 9.90. The van der Waals surface area contributed by atoms with Gasteiger partial charge in [0.05, 0.1) is 0 Å². The number of ether oxygens (including phenoxy) is 1. The molecule has 0 N–H and O–H groups in total. The first-order valence-electron chi connectivity index (χ1n) is 31.5. The molecule has 9 aliphatic rings. The number of para-hydroxylation sites is 4. The molecule has 0 unspecified atom stereocenters. The summed E-state index contributed by atoms with van der Waals surface area (Å²) in [4.78, 5) is 10.7. The Morgan fingerprint density at radius 1 is 0.295 bits per heavy atom. The van der Waals surface area contributed by atoms with Crippen LogP contribution in [0.2, 0.25) is 0 Å². The van der Waals surface area contributed by atoms with E-state index in [0.29, 0.717) is 0 Å². The first-order valence-corrected chi connectivity index (χ1v) is 33.8. The molecule has 0 amide bonds. The number of benzene rings is 10. The normalized spacial score (nSPS) is 15.1. The third-order valence-corrected chi connectivity index (χ3v) is 21.7. The molecule has 0 aromatic heterocycles. The average molecular weight is 1330 g/mol. The molecule has 10 aromatic carbocycles. The summed E-state index contributed by atoms with van der Waals surface area (Å²) in [5, 5.41) is 0. The van der Waals surface area contributed by atoms with Crippen LogP contribution in [0.3, 0.4) is 0 Å². The Morgan fingerprint density at radius 2 is 0.557 bits per heavy atom. The molecule has 0 aliphatic carbocycles. The van der Waals surface area contributed by atoms with Crippen molar-refractivity contribution >= 4 is 53.8 Å². The van der Waals surface area contributed by atoms with E-state index in [9.17, 15) is 0 Å². The monoisotopic (exact) mass is 1330 g/mol. The molecule has 0 saturated heterocycles. The molecular weight excluding hydrogens is 1250 g/mol. The van der Waals surface area contributed by atoms with Crippen LogP contribution in [0.4, 0.5) is 45.5 Å². The second kappa shape index (κ2) is 20.6. The van der Waals surface area contributed by atoms with Crippen LogP contribution in [0.5, 0.6) is 11.5 Å². The van der Waals surface area contributed by atoms with Gasteiger partial charge in [-0.15, -0.1) is 0 Å². The summed E-state index contributed by atoms with van der Waals surface area (Å²) in [5.41, 5.74) is 28.3. The molecule has 16 bridgehead atoms. The Bertz CT molecular complexity index is 4110. The van der Waals surface area contributed by atoms with Crippen LogP contribution >= 0.6 is 0 Å². The van der Waals surface area contributed by atoms with E-state index >= 15 is 0 Å². The Morgan fingerprint density at radius 3 is 0.830 bits per heavy atom. The van der Waals surface area contributed by atoms with Gasteiger partial charge >= 0.3 is 533 Å². The Labute approximate surface area is 529 Å². The van der Waals surface area contributed by atoms with Crippen LogP contribution < -0.4 is 24.3 Å². The summed E-state index contributed by atoms with van der Waals surface area (Å²) >= 11 is -1.33. The first-order chi connectivity index (χ1) is 42.1. The number of rotatable bonds is 0. The Balaban J connectivity index is 1.21. The number of hydrogen-bond donors (Lipinski definition) is 0. The minimum atomic E-state index is -1.33. The molecule has 0 spiro atoms. The number of nitrogens with zero attached hydrogens (tertiary/aromatic N) is 4. The van der Waals surface area contributed by atoms with E-state index in [-0.39, 0.29) is 21.7 Å². The van der Waals surface area contributed by atoms with E-state index in [1.54, 1.807) is 0 Å². The summed E-state index contributed by atoms with van der Waals surface area (Å²) in [6, 6.07) is 81.0. The van der Waals surface area contributed by atoms with Crippen molar-refractivity contribution in [3.63, 3.8) is 0 Å². The van der Waals surface area contributed by atoms with Gasteiger partial charge in [0, 0.05) is 0 Å². The van der Waals surface area contributed by atoms with Crippen molar-refractivity contribution in [2.24, 2.45) is 0 Å². The molecule has 0 saturated carbocycles. The molecule has 6 heteroatoms. The molecule has 0 atom stereocenters. The van der Waals surface area contributed by atoms with Gasteiger partial charge < -0.3 is 0 Å². The number of anilines is 8. The van der Waals surface area contributed by atoms with Crippen molar-refractivity contribution in [3.8, 4) is 56.0 Å². The van der Waals surface area contributed by atoms with E-state index in [1.165, 1.54) is 109 Å². The topological polar surface area (TPSA) is 22.2 Å². The van der Waals surface area contributed by atoms with Gasteiger partial charge in [-0.3, -0.25) is 0 Å². The van der Waals surface area contributed by atoms with Gasteiger partial charge in [0.15, 0.2) is 0 Å². The third kappa shape index (κ3) is 9.80. The van der Waals surface area contributed by atoms with Crippen LogP contribution in [-0.4, -0.2) is 8.29 Å². The molecule has 442 valence electrons. The zero-order valence-corrected chi connectivity index (χ0v) is 55.2. The molecule has 19 rings (SSSR count). The molecular formula is C82H78N4OPt. The second-order valence-corrected chi connectivity index (χ2v) is 31.6. The fourth-order valence-corrected chi connectivity index (χ4v) is 17.0. The van der Waals surface area contributed by atoms with Gasteiger partial charge in [-0.2, -0.15) is 0 Å². The molecule has 9 heterocycles. The Hall–Kier alpha value is -8.37. The second-order valence-electron chi connectivity index (χ2n) is 29.0. The molecule has 10 aromatic rings. The van der Waals surface area contributed by atoms with Gasteiger partial charge in [-0.25, -0.2) is 0 Å². The molecule has 5 nitrogen and oxygen atoms in total. The van der Waals surface area contributed by atoms with Gasteiger partial charge in [0.25, 0.3) is 0 Å². The fourth-order valence-electron chi connectivity index (χ4n) is 13.4. The minimum absolute atomic E-state index is 0.164. The van der Waals surface area contributed by atoms with Crippen LogP contribution in [0.25, 0.3) is 44.5 Å². The maximum absolute atomic E-state index is 7.46. The van der Waals surface area contributed by atoms with Crippen LogP contribution in [0, 0.1) is 0 Å². The van der Waals surface area contributed by atoms with Crippen molar-refractivity contribution in [2.45, 2.75) is 130 Å². The fraction of sp³-hybridized carbons (Fsp3) is 0.244. The van der Waals surface area contributed by atoms with E-state index < -0.39 is 17.6 Å². The van der Waals surface area contributed by atoms with Crippen LogP contribution in [0.1, 0.15) is 128 Å². The number of hydrogen-bond acceptors (Lipinski definition) is 5. The summed E-state index contributed by atoms with van der Waals surface area (Å²) in [6.07, 6.45) is 3.74. The van der Waals surface area contributed by atoms with Crippen molar-refractivity contribution < 1.29 is 22.4 Å². The molecule has 9 aliphatic heterocycles. The predicted molar refractivity (Wildman–Crippen MR) is 369 cm³/mol. The molecule has 0 radical (unpaired) electrons. The summed E-state index contributed by atoms with van der Waals surface area (Å²) in [5.74, 6) is 1.63. The average Bonchev–Trinajstić information content (AvgIpc) is 1.56. The SMILES string of the molecule is CC(C)(C)c1cc2cc(c1)N1[C]3=[Pt]=[C]4N(c5cc(cc(C(C)(C)C)c5)O2)c2ccccc2N4c2c4cc(C(C)(C)C)cc2-c2ccc(cc2)CCc2ccc(cc2)-c2cc(C(C)(C)C)cc(c2N3c2ccccc21)-c1ccc(cc1)CCc1ccc-4cc1. The van der Waals surface area contributed by atoms with Crippen molar-refractivity contribution in [2.75, 3.05) is 19.6 Å². The van der Waals surface area contributed by atoms with Gasteiger partial charge in [0.1, 0.15) is 0 Å². The van der Waals surface area contributed by atoms with Crippen LogP contribution in [-0.2, 0) is 65.0 Å². The molecule has 88 heavy (non-hydrogen) atoms. The third-order valence-electron chi connectivity index (χ3n) is 18.7. The van der Waals surface area contributed by atoms with E-state index in [2.05, 4.69) is 309 Å². The van der Waals surface area contributed by atoms with Crippen molar-refractivity contribution in [1.82, 2.24) is 0 Å². The van der Waals surface area contributed by atoms with E-state index in [0.717, 1.165) is 71.3 Å². The van der Waals surface area contributed by atoms with Gasteiger partial charge in [-0.05, 0) is 0 Å². The van der Waals surface area contributed by atoms with Gasteiger partial charge in [-0.1, -0.05) is 0 Å². The van der Waals surface area contributed by atoms with Gasteiger partial charge in [0.2, 0.25) is 0 Å². The zero-order chi connectivity index (χ0) is 60.8.